The van der Waals surface area contributed by atoms with Gasteiger partial charge < -0.3 is 10.0 Å². The van der Waals surface area contributed by atoms with Gasteiger partial charge in [0.05, 0.1) is 6.42 Å². The van der Waals surface area contributed by atoms with E-state index in [-0.39, 0.29) is 12.8 Å². The Morgan fingerprint density at radius 1 is 1.45 bits per heavy atom. The molecule has 0 saturated carbocycles. The number of carbonyl (C=O) groups is 1. The van der Waals surface area contributed by atoms with Crippen LogP contribution in [0.15, 0.2) is 12.1 Å². The number of fused-ring (bicyclic) bond motifs is 1. The van der Waals surface area contributed by atoms with Gasteiger partial charge in [-0.15, -0.1) is 0 Å². The van der Waals surface area contributed by atoms with Crippen molar-refractivity contribution in [3.63, 3.8) is 0 Å². The molecule has 2 rings (SSSR count). The van der Waals surface area contributed by atoms with Crippen LogP contribution in [0.4, 0.5) is 18.9 Å². The summed E-state index contributed by atoms with van der Waals surface area (Å²) in [5.74, 6) is -0.943. The van der Waals surface area contributed by atoms with E-state index in [1.165, 1.54) is 11.9 Å². The summed E-state index contributed by atoms with van der Waals surface area (Å²) in [6.07, 6.45) is -4.04. The lowest BCUT2D eigenvalue weighted by molar-refractivity contribution is -0.150. The molecule has 0 radical (unpaired) electrons. The molecule has 0 bridgehead atoms. The third kappa shape index (κ3) is 2.73. The number of aliphatic carboxylic acids is 1. The molecule has 3 nitrogen and oxygen atoms in total. The molecule has 0 fully saturated rings. The van der Waals surface area contributed by atoms with E-state index in [4.69, 9.17) is 5.11 Å². The minimum absolute atomic E-state index is 0.00294. The highest BCUT2D eigenvalue weighted by Crippen LogP contribution is 2.39. The highest BCUT2D eigenvalue weighted by molar-refractivity contribution is 5.72. The molecule has 1 N–H and O–H groups in total. The Morgan fingerprint density at radius 3 is 2.65 bits per heavy atom. The second-order valence-corrected chi connectivity index (χ2v) is 5.20. The van der Waals surface area contributed by atoms with Crippen molar-refractivity contribution in [2.24, 2.45) is 0 Å². The van der Waals surface area contributed by atoms with Crippen molar-refractivity contribution in [3.05, 3.63) is 28.8 Å². The van der Waals surface area contributed by atoms with Crippen molar-refractivity contribution < 1.29 is 23.1 Å². The number of carboxylic acids is 1. The van der Waals surface area contributed by atoms with Crippen LogP contribution >= 0.6 is 0 Å². The summed E-state index contributed by atoms with van der Waals surface area (Å²) in [5, 5.41) is 8.80. The molecule has 0 aromatic heterocycles. The zero-order valence-electron chi connectivity index (χ0n) is 11.3. The topological polar surface area (TPSA) is 40.5 Å². The van der Waals surface area contributed by atoms with Crippen molar-refractivity contribution in [2.75, 3.05) is 11.9 Å². The van der Waals surface area contributed by atoms with E-state index in [9.17, 15) is 18.0 Å². The number of carboxylic acid groups (broad SMARTS) is 1. The lowest BCUT2D eigenvalue weighted by Crippen LogP contribution is -2.46. The van der Waals surface area contributed by atoms with Crippen LogP contribution in [0, 0.1) is 6.92 Å². The first-order valence-electron chi connectivity index (χ1n) is 6.34. The van der Waals surface area contributed by atoms with E-state index in [0.29, 0.717) is 23.2 Å². The number of halogens is 3. The third-order valence-electron chi connectivity index (χ3n) is 3.68. The lowest BCUT2D eigenvalue weighted by Gasteiger charge is -2.38. The van der Waals surface area contributed by atoms with Crippen molar-refractivity contribution in [3.8, 4) is 0 Å². The molecule has 20 heavy (non-hydrogen) atoms. The van der Waals surface area contributed by atoms with Gasteiger partial charge in [-0.1, -0.05) is 12.1 Å². The number of aryl methyl sites for hydroxylation is 2. The molecule has 110 valence electrons. The summed E-state index contributed by atoms with van der Waals surface area (Å²) in [4.78, 5) is 12.0. The van der Waals surface area contributed by atoms with Gasteiger partial charge in [0.25, 0.3) is 0 Å². The number of hydrogen-bond acceptors (Lipinski definition) is 2. The summed E-state index contributed by atoms with van der Waals surface area (Å²) in [7, 11) is 1.44. The Hall–Kier alpha value is -1.72. The minimum atomic E-state index is -4.25. The van der Waals surface area contributed by atoms with Crippen LogP contribution < -0.4 is 4.90 Å². The number of nitrogens with zero attached hydrogens (tertiary/aromatic N) is 1. The van der Waals surface area contributed by atoms with E-state index in [0.717, 1.165) is 5.56 Å². The van der Waals surface area contributed by atoms with Gasteiger partial charge in [0.15, 0.2) is 0 Å². The van der Waals surface area contributed by atoms with Crippen molar-refractivity contribution >= 4 is 11.7 Å². The zero-order chi connectivity index (χ0) is 15.1. The van der Waals surface area contributed by atoms with Crippen LogP contribution in [0.3, 0.4) is 0 Å². The molecule has 1 heterocycles. The molecule has 0 saturated heterocycles. The Morgan fingerprint density at radius 2 is 2.10 bits per heavy atom. The van der Waals surface area contributed by atoms with Crippen molar-refractivity contribution in [1.82, 2.24) is 0 Å². The molecule has 1 aliphatic rings. The number of hydrogen-bond donors (Lipinski definition) is 1. The van der Waals surface area contributed by atoms with Crippen LogP contribution in [0.1, 0.15) is 23.1 Å². The molecule has 0 aliphatic carbocycles. The Labute approximate surface area is 115 Å². The normalized spacial score (nSPS) is 18.9. The Kier molecular flexibility index (Phi) is 3.67. The fourth-order valence-electron chi connectivity index (χ4n) is 2.93. The van der Waals surface area contributed by atoms with Gasteiger partial charge in [-0.2, -0.15) is 13.2 Å². The number of benzene rings is 1. The van der Waals surface area contributed by atoms with Gasteiger partial charge in [-0.05, 0) is 36.5 Å². The predicted molar refractivity (Wildman–Crippen MR) is 69.1 cm³/mol. The molecule has 1 aromatic rings. The number of alkyl halides is 3. The maximum atomic E-state index is 12.9. The molecular weight excluding hydrogens is 271 g/mol. The van der Waals surface area contributed by atoms with Gasteiger partial charge >= 0.3 is 12.1 Å². The smallest absolute Gasteiger partial charge is 0.408 e. The first-order chi connectivity index (χ1) is 9.20. The lowest BCUT2D eigenvalue weighted by atomic mass is 9.91. The molecule has 0 amide bonds. The van der Waals surface area contributed by atoms with E-state index in [1.54, 1.807) is 19.1 Å². The Balaban J connectivity index is 2.40. The van der Waals surface area contributed by atoms with Gasteiger partial charge in [0.1, 0.15) is 6.04 Å². The minimum Gasteiger partial charge on any atom is -0.481 e. The summed E-state index contributed by atoms with van der Waals surface area (Å²) < 4.78 is 38.8. The monoisotopic (exact) mass is 287 g/mol. The highest BCUT2D eigenvalue weighted by Gasteiger charge is 2.44. The average molecular weight is 287 g/mol. The van der Waals surface area contributed by atoms with E-state index in [1.807, 2.05) is 0 Å². The summed E-state index contributed by atoms with van der Waals surface area (Å²) >= 11 is 0. The molecule has 1 atom stereocenters. The second kappa shape index (κ2) is 5.00. The second-order valence-electron chi connectivity index (χ2n) is 5.20. The van der Waals surface area contributed by atoms with Crippen LogP contribution in [0.25, 0.3) is 0 Å². The molecule has 0 spiro atoms. The Bertz CT molecular complexity index is 540. The van der Waals surface area contributed by atoms with Crippen LogP contribution in [-0.2, 0) is 17.6 Å². The molecule has 1 unspecified atom stereocenters. The highest BCUT2D eigenvalue weighted by atomic mass is 19.4. The standard InChI is InChI=1S/C14H16F3NO2/c1-8-5-9(7-12(19)20)6-10-3-4-11(14(15,16)17)18(2)13(8)10/h5-6,11H,3-4,7H2,1-2H3,(H,19,20). The number of anilines is 1. The first kappa shape index (κ1) is 14.7. The quantitative estimate of drug-likeness (QED) is 0.909. The van der Waals surface area contributed by atoms with Crippen LogP contribution in [0.2, 0.25) is 0 Å². The van der Waals surface area contributed by atoms with Crippen molar-refractivity contribution in [1.29, 1.82) is 0 Å². The largest absolute Gasteiger partial charge is 0.481 e. The predicted octanol–water partition coefficient (Wildman–Crippen LogP) is 2.94. The average Bonchev–Trinajstić information content (AvgIpc) is 2.25. The fourth-order valence-corrected chi connectivity index (χ4v) is 2.93. The maximum absolute atomic E-state index is 12.9. The van der Waals surface area contributed by atoms with E-state index >= 15 is 0 Å². The van der Waals surface area contributed by atoms with E-state index in [2.05, 4.69) is 0 Å². The SMILES string of the molecule is Cc1cc(CC(=O)O)cc2c1N(C)C(C(F)(F)F)CC2. The van der Waals surface area contributed by atoms with E-state index < -0.39 is 18.2 Å². The summed E-state index contributed by atoms with van der Waals surface area (Å²) in [5.41, 5.74) is 2.69. The number of rotatable bonds is 2. The maximum Gasteiger partial charge on any atom is 0.408 e. The zero-order valence-corrected chi connectivity index (χ0v) is 11.3. The molecular formula is C14H16F3NO2. The summed E-state index contributed by atoms with van der Waals surface area (Å²) in [6.45, 7) is 1.72. The first-order valence-corrected chi connectivity index (χ1v) is 6.34. The van der Waals surface area contributed by atoms with Crippen LogP contribution in [0.5, 0.6) is 0 Å². The molecule has 6 heteroatoms. The van der Waals surface area contributed by atoms with Crippen molar-refractivity contribution in [2.45, 2.75) is 38.4 Å². The van der Waals surface area contributed by atoms with Gasteiger partial charge in [0, 0.05) is 12.7 Å². The summed E-state index contributed by atoms with van der Waals surface area (Å²) in [6, 6.07) is 1.89. The van der Waals surface area contributed by atoms with Gasteiger partial charge in [0.2, 0.25) is 0 Å². The van der Waals surface area contributed by atoms with Gasteiger partial charge in [-0.25, -0.2) is 0 Å². The molecule has 1 aliphatic heterocycles. The fraction of sp³-hybridized carbons (Fsp3) is 0.500. The van der Waals surface area contributed by atoms with Gasteiger partial charge in [-0.3, -0.25) is 4.79 Å². The van der Waals surface area contributed by atoms with Crippen LogP contribution in [-0.4, -0.2) is 30.3 Å². The third-order valence-corrected chi connectivity index (χ3v) is 3.68. The molecule has 1 aromatic carbocycles.